The third kappa shape index (κ3) is 5.96. The van der Waals surface area contributed by atoms with Gasteiger partial charge in [-0.2, -0.15) is 0 Å². The van der Waals surface area contributed by atoms with Crippen LogP contribution in [0.4, 0.5) is 5.69 Å². The van der Waals surface area contributed by atoms with E-state index >= 15 is 0 Å². The highest BCUT2D eigenvalue weighted by molar-refractivity contribution is 6.33. The van der Waals surface area contributed by atoms with Gasteiger partial charge in [0.15, 0.2) is 12.4 Å². The van der Waals surface area contributed by atoms with Gasteiger partial charge in [0.05, 0.1) is 23.4 Å². The maximum Gasteiger partial charge on any atom is 0.308 e. The highest BCUT2D eigenvalue weighted by Gasteiger charge is 2.11. The maximum atomic E-state index is 11.8. The summed E-state index contributed by atoms with van der Waals surface area (Å²) in [5.74, 6) is -1.38. The van der Waals surface area contributed by atoms with Crippen molar-refractivity contribution in [2.45, 2.75) is 13.3 Å². The van der Waals surface area contributed by atoms with Crippen molar-refractivity contribution < 1.29 is 23.5 Å². The molecular formula is C17H17ClN2O5. The van der Waals surface area contributed by atoms with Crippen molar-refractivity contribution in [3.63, 3.8) is 0 Å². The Labute approximate surface area is 149 Å². The number of rotatable bonds is 7. The SMILES string of the molecule is Cc1ccc(NC(=O)COC(=O)CCNC(=O)c2ccco2)c(Cl)c1. The van der Waals surface area contributed by atoms with E-state index in [9.17, 15) is 14.4 Å². The van der Waals surface area contributed by atoms with Crippen molar-refractivity contribution in [3.05, 3.63) is 52.9 Å². The summed E-state index contributed by atoms with van der Waals surface area (Å²) in [6, 6.07) is 8.28. The summed E-state index contributed by atoms with van der Waals surface area (Å²) in [6.07, 6.45) is 1.31. The lowest BCUT2D eigenvalue weighted by Crippen LogP contribution is -2.27. The number of nitrogens with one attached hydrogen (secondary N) is 2. The van der Waals surface area contributed by atoms with Crippen LogP contribution in [0.2, 0.25) is 5.02 Å². The van der Waals surface area contributed by atoms with Crippen molar-refractivity contribution in [2.75, 3.05) is 18.5 Å². The molecule has 0 saturated carbocycles. The molecule has 0 atom stereocenters. The average Bonchev–Trinajstić information content (AvgIpc) is 3.10. The molecule has 25 heavy (non-hydrogen) atoms. The first-order valence-electron chi connectivity index (χ1n) is 7.49. The van der Waals surface area contributed by atoms with Crippen molar-refractivity contribution >= 4 is 35.1 Å². The summed E-state index contributed by atoms with van der Waals surface area (Å²) < 4.78 is 9.76. The van der Waals surface area contributed by atoms with Gasteiger partial charge in [-0.25, -0.2) is 0 Å². The van der Waals surface area contributed by atoms with Crippen molar-refractivity contribution in [1.29, 1.82) is 0 Å². The van der Waals surface area contributed by atoms with Crippen molar-refractivity contribution in [3.8, 4) is 0 Å². The number of hydrogen-bond donors (Lipinski definition) is 2. The first-order valence-corrected chi connectivity index (χ1v) is 7.87. The van der Waals surface area contributed by atoms with Crippen molar-refractivity contribution in [1.82, 2.24) is 5.32 Å². The molecule has 0 aliphatic heterocycles. The van der Waals surface area contributed by atoms with Crippen LogP contribution in [0.5, 0.6) is 0 Å². The smallest absolute Gasteiger partial charge is 0.308 e. The Balaban J connectivity index is 1.67. The lowest BCUT2D eigenvalue weighted by molar-refractivity contribution is -0.147. The second-order valence-corrected chi connectivity index (χ2v) is 5.58. The number of amides is 2. The van der Waals surface area contributed by atoms with Gasteiger partial charge in [-0.15, -0.1) is 0 Å². The van der Waals surface area contributed by atoms with E-state index in [1.807, 2.05) is 6.92 Å². The molecule has 0 unspecified atom stereocenters. The molecule has 0 fully saturated rings. The second-order valence-electron chi connectivity index (χ2n) is 5.18. The molecule has 0 saturated heterocycles. The maximum absolute atomic E-state index is 11.8. The van der Waals surface area contributed by atoms with Crippen molar-refractivity contribution in [2.24, 2.45) is 0 Å². The predicted octanol–water partition coefficient (Wildman–Crippen LogP) is 2.54. The Bertz CT molecular complexity index is 758. The Morgan fingerprint density at radius 1 is 1.24 bits per heavy atom. The fraction of sp³-hybridized carbons (Fsp3) is 0.235. The van der Waals surface area contributed by atoms with E-state index in [2.05, 4.69) is 10.6 Å². The largest absolute Gasteiger partial charge is 0.459 e. The van der Waals surface area contributed by atoms with E-state index in [-0.39, 0.29) is 18.7 Å². The normalized spacial score (nSPS) is 10.2. The minimum atomic E-state index is -0.607. The van der Waals surface area contributed by atoms with Crippen LogP contribution in [0.1, 0.15) is 22.5 Å². The molecular weight excluding hydrogens is 348 g/mol. The van der Waals surface area contributed by atoms with Crippen LogP contribution in [0, 0.1) is 6.92 Å². The van der Waals surface area contributed by atoms with Gasteiger partial charge in [0.2, 0.25) is 0 Å². The number of hydrogen-bond acceptors (Lipinski definition) is 5. The standard InChI is InChI=1S/C17H17ClN2O5/c1-11-4-5-13(12(18)9-11)20-15(21)10-25-16(22)6-7-19-17(23)14-3-2-8-24-14/h2-5,8-9H,6-7,10H2,1H3,(H,19,23)(H,20,21). The highest BCUT2D eigenvalue weighted by atomic mass is 35.5. The molecule has 0 aliphatic carbocycles. The molecule has 132 valence electrons. The molecule has 2 rings (SSSR count). The van der Waals surface area contributed by atoms with Crippen LogP contribution < -0.4 is 10.6 Å². The monoisotopic (exact) mass is 364 g/mol. The number of aryl methyl sites for hydroxylation is 1. The van der Waals surface area contributed by atoms with E-state index in [1.54, 1.807) is 24.3 Å². The van der Waals surface area contributed by atoms with Gasteiger partial charge in [-0.3, -0.25) is 14.4 Å². The van der Waals surface area contributed by atoms with E-state index < -0.39 is 24.4 Å². The fourth-order valence-corrected chi connectivity index (χ4v) is 2.18. The Kier molecular flexibility index (Phi) is 6.59. The molecule has 0 spiro atoms. The van der Waals surface area contributed by atoms with Gasteiger partial charge in [0, 0.05) is 6.54 Å². The zero-order valence-corrected chi connectivity index (χ0v) is 14.3. The molecule has 1 aromatic heterocycles. The average molecular weight is 365 g/mol. The third-order valence-corrected chi connectivity index (χ3v) is 3.44. The Hall–Kier alpha value is -2.80. The third-order valence-electron chi connectivity index (χ3n) is 3.12. The highest BCUT2D eigenvalue weighted by Crippen LogP contribution is 2.22. The summed E-state index contributed by atoms with van der Waals surface area (Å²) in [6.45, 7) is 1.52. The van der Waals surface area contributed by atoms with E-state index in [1.165, 1.54) is 12.3 Å². The van der Waals surface area contributed by atoms with Gasteiger partial charge >= 0.3 is 5.97 Å². The summed E-state index contributed by atoms with van der Waals surface area (Å²) in [7, 11) is 0. The van der Waals surface area contributed by atoms with Crippen LogP contribution >= 0.6 is 11.6 Å². The fourth-order valence-electron chi connectivity index (χ4n) is 1.90. The second kappa shape index (κ2) is 8.89. The molecule has 0 radical (unpaired) electrons. The van der Waals surface area contributed by atoms with Gasteiger partial charge in [-0.05, 0) is 36.8 Å². The molecule has 8 heteroatoms. The van der Waals surface area contributed by atoms with Crippen LogP contribution in [-0.2, 0) is 14.3 Å². The molecule has 2 N–H and O–H groups in total. The Morgan fingerprint density at radius 3 is 2.72 bits per heavy atom. The molecule has 1 aromatic carbocycles. The Morgan fingerprint density at radius 2 is 2.04 bits per heavy atom. The molecule has 0 bridgehead atoms. The number of furan rings is 1. The zero-order chi connectivity index (χ0) is 18.2. The van der Waals surface area contributed by atoms with Gasteiger partial charge < -0.3 is 19.8 Å². The number of esters is 1. The quantitative estimate of drug-likeness (QED) is 0.736. The number of ether oxygens (including phenoxy) is 1. The number of carbonyl (C=O) groups is 3. The predicted molar refractivity (Wildman–Crippen MR) is 91.4 cm³/mol. The number of benzene rings is 1. The minimum Gasteiger partial charge on any atom is -0.459 e. The van der Waals surface area contributed by atoms with Crippen LogP contribution in [0.25, 0.3) is 0 Å². The first kappa shape index (κ1) is 18.5. The van der Waals surface area contributed by atoms with Gasteiger partial charge in [0.1, 0.15) is 0 Å². The lowest BCUT2D eigenvalue weighted by atomic mass is 10.2. The molecule has 1 heterocycles. The number of halogens is 1. The first-order chi connectivity index (χ1) is 12.0. The minimum absolute atomic E-state index is 0.0645. The summed E-state index contributed by atoms with van der Waals surface area (Å²) >= 11 is 6.01. The molecule has 2 aromatic rings. The van der Waals surface area contributed by atoms with Gasteiger partial charge in [0.25, 0.3) is 11.8 Å². The van der Waals surface area contributed by atoms with Crippen LogP contribution in [-0.4, -0.2) is 30.9 Å². The summed E-state index contributed by atoms with van der Waals surface area (Å²) in [5.41, 5.74) is 1.41. The zero-order valence-electron chi connectivity index (χ0n) is 13.5. The number of anilines is 1. The summed E-state index contributed by atoms with van der Waals surface area (Å²) in [4.78, 5) is 34.9. The number of carbonyl (C=O) groups excluding carboxylic acids is 3. The molecule has 7 nitrogen and oxygen atoms in total. The van der Waals surface area contributed by atoms with Gasteiger partial charge in [-0.1, -0.05) is 17.7 Å². The van der Waals surface area contributed by atoms with Crippen LogP contribution in [0.3, 0.4) is 0 Å². The van der Waals surface area contributed by atoms with E-state index in [0.29, 0.717) is 10.7 Å². The molecule has 0 aliphatic rings. The van der Waals surface area contributed by atoms with E-state index in [0.717, 1.165) is 5.56 Å². The summed E-state index contributed by atoms with van der Waals surface area (Å²) in [5, 5.41) is 5.46. The lowest BCUT2D eigenvalue weighted by Gasteiger charge is -2.09. The topological polar surface area (TPSA) is 97.6 Å². The van der Waals surface area contributed by atoms with Crippen LogP contribution in [0.15, 0.2) is 41.0 Å². The van der Waals surface area contributed by atoms with E-state index in [4.69, 9.17) is 20.8 Å². The molecule has 2 amide bonds.